The van der Waals surface area contributed by atoms with Gasteiger partial charge >= 0.3 is 0 Å². The average molecular weight is 327 g/mol. The summed E-state index contributed by atoms with van der Waals surface area (Å²) in [6.45, 7) is 1.73. The van der Waals surface area contributed by atoms with E-state index in [4.69, 9.17) is 0 Å². The van der Waals surface area contributed by atoms with Crippen LogP contribution in [0.4, 0.5) is 14.5 Å². The van der Waals surface area contributed by atoms with Gasteiger partial charge in [-0.2, -0.15) is 0 Å². The summed E-state index contributed by atoms with van der Waals surface area (Å²) in [5, 5.41) is 2.28. The summed E-state index contributed by atoms with van der Waals surface area (Å²) in [4.78, 5) is 15.8. The van der Waals surface area contributed by atoms with Crippen LogP contribution in [-0.4, -0.2) is 10.9 Å². The fourth-order valence-corrected chi connectivity index (χ4v) is 1.79. The number of hydrogen-bond donors (Lipinski definition) is 1. The maximum Gasteiger partial charge on any atom is 0.274 e. The van der Waals surface area contributed by atoms with Gasteiger partial charge < -0.3 is 5.32 Å². The van der Waals surface area contributed by atoms with Gasteiger partial charge in [0.05, 0.1) is 10.2 Å². The van der Waals surface area contributed by atoms with Gasteiger partial charge in [-0.3, -0.25) is 4.79 Å². The van der Waals surface area contributed by atoms with Crippen molar-refractivity contribution in [3.63, 3.8) is 0 Å². The summed E-state index contributed by atoms with van der Waals surface area (Å²) < 4.78 is 26.8. The number of carbonyl (C=O) groups excluding carboxylic acids is 1. The Kier molecular flexibility index (Phi) is 3.90. The van der Waals surface area contributed by atoms with Gasteiger partial charge in [-0.15, -0.1) is 0 Å². The minimum Gasteiger partial charge on any atom is -0.318 e. The van der Waals surface area contributed by atoms with E-state index in [1.54, 1.807) is 19.1 Å². The van der Waals surface area contributed by atoms with Crippen LogP contribution in [0.1, 0.15) is 16.2 Å². The number of amides is 1. The highest BCUT2D eigenvalue weighted by atomic mass is 79.9. The Morgan fingerprint density at radius 3 is 2.68 bits per heavy atom. The number of carbonyl (C=O) groups is 1. The maximum atomic E-state index is 13.6. The number of nitrogens with zero attached hydrogens (tertiary/aromatic N) is 1. The van der Waals surface area contributed by atoms with E-state index in [1.807, 2.05) is 0 Å². The molecule has 0 aliphatic heterocycles. The number of aromatic nitrogens is 1. The Balaban J connectivity index is 2.27. The normalized spacial score (nSPS) is 10.3. The van der Waals surface area contributed by atoms with Crippen molar-refractivity contribution >= 4 is 27.5 Å². The van der Waals surface area contributed by atoms with Crippen LogP contribution in [0.15, 0.2) is 34.8 Å². The largest absolute Gasteiger partial charge is 0.318 e. The number of anilines is 1. The molecule has 2 rings (SSSR count). The van der Waals surface area contributed by atoms with Crippen molar-refractivity contribution in [3.05, 3.63) is 57.8 Å². The van der Waals surface area contributed by atoms with Crippen LogP contribution in [0.5, 0.6) is 0 Å². The molecule has 0 spiro atoms. The van der Waals surface area contributed by atoms with Gasteiger partial charge in [0.2, 0.25) is 0 Å². The lowest BCUT2D eigenvalue weighted by atomic mass is 10.2. The molecule has 0 aliphatic rings. The minimum absolute atomic E-state index is 0.00307. The molecule has 0 aliphatic carbocycles. The zero-order valence-corrected chi connectivity index (χ0v) is 11.5. The first-order valence-corrected chi connectivity index (χ1v) is 6.16. The average Bonchev–Trinajstić information content (AvgIpc) is 2.36. The van der Waals surface area contributed by atoms with Crippen LogP contribution in [-0.2, 0) is 0 Å². The fourth-order valence-electron chi connectivity index (χ4n) is 1.47. The predicted octanol–water partition coefficient (Wildman–Crippen LogP) is 3.68. The molecular formula is C13H9BrF2N2O. The van der Waals surface area contributed by atoms with Crippen molar-refractivity contribution in [2.45, 2.75) is 6.92 Å². The number of benzene rings is 1. The van der Waals surface area contributed by atoms with Gasteiger partial charge in [0.25, 0.3) is 5.91 Å². The zero-order valence-electron chi connectivity index (χ0n) is 9.88. The molecule has 3 nitrogen and oxygen atoms in total. The quantitative estimate of drug-likeness (QED) is 0.855. The van der Waals surface area contributed by atoms with Crippen molar-refractivity contribution < 1.29 is 13.6 Å². The molecule has 0 radical (unpaired) electrons. The van der Waals surface area contributed by atoms with Gasteiger partial charge in [-0.05, 0) is 41.1 Å². The second kappa shape index (κ2) is 5.44. The molecule has 1 aromatic carbocycles. The number of hydrogen-bond acceptors (Lipinski definition) is 2. The van der Waals surface area contributed by atoms with Crippen LogP contribution < -0.4 is 5.32 Å². The fraction of sp³-hybridized carbons (Fsp3) is 0.0769. The molecule has 1 N–H and O–H groups in total. The molecule has 0 saturated heterocycles. The predicted molar refractivity (Wildman–Crippen MR) is 71.0 cm³/mol. The van der Waals surface area contributed by atoms with Crippen LogP contribution in [0.2, 0.25) is 0 Å². The first-order chi connectivity index (χ1) is 8.97. The van der Waals surface area contributed by atoms with E-state index in [1.165, 1.54) is 6.07 Å². The Morgan fingerprint density at radius 1 is 1.26 bits per heavy atom. The number of pyridine rings is 1. The number of halogens is 3. The number of nitrogens with one attached hydrogen (secondary N) is 1. The number of aryl methyl sites for hydroxylation is 1. The Hall–Kier alpha value is -1.82. The summed E-state index contributed by atoms with van der Waals surface area (Å²) in [5.41, 5.74) is 0.576. The lowest BCUT2D eigenvalue weighted by Gasteiger charge is -2.07. The molecule has 0 unspecified atom stereocenters. The maximum absolute atomic E-state index is 13.6. The van der Waals surface area contributed by atoms with E-state index in [2.05, 4.69) is 26.2 Å². The van der Waals surface area contributed by atoms with Crippen molar-refractivity contribution in [1.29, 1.82) is 0 Å². The minimum atomic E-state index is -0.728. The van der Waals surface area contributed by atoms with Gasteiger partial charge in [-0.1, -0.05) is 6.07 Å². The van der Waals surface area contributed by atoms with E-state index >= 15 is 0 Å². The second-order valence-corrected chi connectivity index (χ2v) is 4.72. The van der Waals surface area contributed by atoms with Gasteiger partial charge in [0, 0.05) is 11.8 Å². The van der Waals surface area contributed by atoms with Gasteiger partial charge in [-0.25, -0.2) is 13.8 Å². The van der Waals surface area contributed by atoms with Crippen LogP contribution in [0, 0.1) is 18.6 Å². The molecule has 0 saturated carbocycles. The van der Waals surface area contributed by atoms with E-state index in [0.29, 0.717) is 5.69 Å². The highest BCUT2D eigenvalue weighted by molar-refractivity contribution is 9.10. The topological polar surface area (TPSA) is 42.0 Å². The summed E-state index contributed by atoms with van der Waals surface area (Å²) >= 11 is 2.86. The number of rotatable bonds is 2. The molecule has 98 valence electrons. The molecule has 6 heteroatoms. The van der Waals surface area contributed by atoms with Gasteiger partial charge in [0.15, 0.2) is 0 Å². The summed E-state index contributed by atoms with van der Waals surface area (Å²) in [7, 11) is 0. The molecule has 19 heavy (non-hydrogen) atoms. The lowest BCUT2D eigenvalue weighted by Crippen LogP contribution is -2.15. The summed E-state index contributed by atoms with van der Waals surface area (Å²) in [5.74, 6) is -1.98. The third kappa shape index (κ3) is 3.14. The van der Waals surface area contributed by atoms with Crippen molar-refractivity contribution in [3.8, 4) is 0 Å². The molecule has 1 aromatic heterocycles. The van der Waals surface area contributed by atoms with E-state index in [9.17, 15) is 13.6 Å². The second-order valence-electron chi connectivity index (χ2n) is 3.86. The third-order valence-electron chi connectivity index (χ3n) is 2.38. The zero-order chi connectivity index (χ0) is 14.0. The van der Waals surface area contributed by atoms with Crippen molar-refractivity contribution in [2.24, 2.45) is 0 Å². The molecule has 0 atom stereocenters. The Bertz CT molecular complexity index is 647. The van der Waals surface area contributed by atoms with Crippen molar-refractivity contribution in [1.82, 2.24) is 4.98 Å². The monoisotopic (exact) mass is 326 g/mol. The molecule has 2 aromatic rings. The van der Waals surface area contributed by atoms with Gasteiger partial charge in [0.1, 0.15) is 17.3 Å². The Labute approximate surface area is 116 Å². The molecule has 0 fully saturated rings. The molecule has 1 heterocycles. The first-order valence-electron chi connectivity index (χ1n) is 5.37. The van der Waals surface area contributed by atoms with E-state index in [0.717, 1.165) is 12.1 Å². The standard InChI is InChI=1S/C13H9BrF2N2O/c1-7-3-2-4-11(17-7)13(19)18-12-6-9(15)8(14)5-10(12)16/h2-6H,1H3,(H,18,19). The highest BCUT2D eigenvalue weighted by Crippen LogP contribution is 2.23. The molecular weight excluding hydrogens is 318 g/mol. The third-order valence-corrected chi connectivity index (χ3v) is 2.99. The smallest absolute Gasteiger partial charge is 0.274 e. The van der Waals surface area contributed by atoms with Crippen LogP contribution in [0.25, 0.3) is 0 Å². The highest BCUT2D eigenvalue weighted by Gasteiger charge is 2.13. The summed E-state index contributed by atoms with van der Waals surface area (Å²) in [6.07, 6.45) is 0. The molecule has 1 amide bonds. The Morgan fingerprint density at radius 2 is 2.00 bits per heavy atom. The van der Waals surface area contributed by atoms with E-state index < -0.39 is 17.5 Å². The van der Waals surface area contributed by atoms with Crippen LogP contribution >= 0.6 is 15.9 Å². The lowest BCUT2D eigenvalue weighted by molar-refractivity contribution is 0.102. The SMILES string of the molecule is Cc1cccc(C(=O)Nc2cc(F)c(Br)cc2F)n1. The van der Waals surface area contributed by atoms with E-state index in [-0.39, 0.29) is 15.9 Å². The molecule has 0 bridgehead atoms. The summed E-state index contributed by atoms with van der Waals surface area (Å²) in [6, 6.07) is 6.75. The van der Waals surface area contributed by atoms with Crippen LogP contribution in [0.3, 0.4) is 0 Å². The van der Waals surface area contributed by atoms with Crippen molar-refractivity contribution in [2.75, 3.05) is 5.32 Å². The first kappa shape index (κ1) is 13.6.